The van der Waals surface area contributed by atoms with Crippen molar-refractivity contribution >= 4 is 12.0 Å². The molecule has 1 aromatic heterocycles. The topological polar surface area (TPSA) is 82.5 Å². The second-order valence-corrected chi connectivity index (χ2v) is 5.64. The summed E-state index contributed by atoms with van der Waals surface area (Å²) in [6.45, 7) is 0.738. The van der Waals surface area contributed by atoms with Crippen LogP contribution in [0.5, 0.6) is 0 Å². The number of halogens is 3. The molecule has 1 aliphatic heterocycles. The highest BCUT2D eigenvalue weighted by atomic mass is 19.4. The number of alkyl halides is 3. The molecular weight excluding hydrogens is 327 g/mol. The number of nitrogens with zero attached hydrogens (tertiary/aromatic N) is 2. The van der Waals surface area contributed by atoms with Gasteiger partial charge in [-0.25, -0.2) is 4.79 Å². The molecule has 6 nitrogen and oxygen atoms in total. The summed E-state index contributed by atoms with van der Waals surface area (Å²) in [5, 5.41) is 11.6. The zero-order valence-corrected chi connectivity index (χ0v) is 12.8. The number of carbonyl (C=O) groups excluding carboxylic acids is 1. The van der Waals surface area contributed by atoms with Gasteiger partial charge >= 0.3 is 18.2 Å². The predicted octanol–water partition coefficient (Wildman–Crippen LogP) is 2.15. The van der Waals surface area contributed by atoms with E-state index in [1.165, 1.54) is 4.90 Å². The van der Waals surface area contributed by atoms with Gasteiger partial charge < -0.3 is 15.3 Å². The molecule has 0 aliphatic carbocycles. The van der Waals surface area contributed by atoms with E-state index in [-0.39, 0.29) is 25.2 Å². The first-order valence-corrected chi connectivity index (χ1v) is 7.55. The second kappa shape index (κ2) is 7.50. The standard InChI is InChI=1S/C15H18F3N3O3/c16-15(17,18)11-3-5-19-12(8-11)4-6-20-14(24)21-7-1-2-10(9-21)13(22)23/h3,5,8,10H,1-2,4,6-7,9H2,(H,20,24)(H,22,23). The molecule has 2 N–H and O–H groups in total. The van der Waals surface area contributed by atoms with Crippen LogP contribution in [0.1, 0.15) is 24.1 Å². The summed E-state index contributed by atoms with van der Waals surface area (Å²) in [6.07, 6.45) is -2.04. The van der Waals surface area contributed by atoms with Crippen LogP contribution >= 0.6 is 0 Å². The Hall–Kier alpha value is -2.32. The van der Waals surface area contributed by atoms with E-state index < -0.39 is 29.7 Å². The molecule has 2 rings (SSSR count). The lowest BCUT2D eigenvalue weighted by atomic mass is 9.99. The largest absolute Gasteiger partial charge is 0.481 e. The maximum absolute atomic E-state index is 12.6. The van der Waals surface area contributed by atoms with Crippen LogP contribution in [0.15, 0.2) is 18.3 Å². The van der Waals surface area contributed by atoms with Gasteiger partial charge in [0.1, 0.15) is 0 Å². The molecule has 0 radical (unpaired) electrons. The summed E-state index contributed by atoms with van der Waals surface area (Å²) < 4.78 is 37.8. The third-order valence-electron chi connectivity index (χ3n) is 3.86. The molecule has 9 heteroatoms. The van der Waals surface area contributed by atoms with Gasteiger partial charge in [-0.05, 0) is 25.0 Å². The summed E-state index contributed by atoms with van der Waals surface area (Å²) in [7, 11) is 0. The van der Waals surface area contributed by atoms with Crippen molar-refractivity contribution in [3.63, 3.8) is 0 Å². The van der Waals surface area contributed by atoms with Gasteiger partial charge in [0.2, 0.25) is 0 Å². The van der Waals surface area contributed by atoms with Crippen molar-refractivity contribution in [1.82, 2.24) is 15.2 Å². The van der Waals surface area contributed by atoms with E-state index in [1.807, 2.05) is 0 Å². The van der Waals surface area contributed by atoms with E-state index in [0.29, 0.717) is 19.4 Å². The number of hydrogen-bond donors (Lipinski definition) is 2. The minimum Gasteiger partial charge on any atom is -0.481 e. The van der Waals surface area contributed by atoms with Crippen LogP contribution in [0.2, 0.25) is 0 Å². The molecule has 1 atom stereocenters. The van der Waals surface area contributed by atoms with Crippen LogP contribution in [-0.4, -0.2) is 46.6 Å². The summed E-state index contributed by atoms with van der Waals surface area (Å²) in [5.74, 6) is -1.50. The Bertz CT molecular complexity index is 607. The number of carbonyl (C=O) groups is 2. The molecule has 1 unspecified atom stereocenters. The average Bonchev–Trinajstić information content (AvgIpc) is 2.54. The van der Waals surface area contributed by atoms with Crippen molar-refractivity contribution in [1.29, 1.82) is 0 Å². The first-order chi connectivity index (χ1) is 11.3. The third kappa shape index (κ3) is 4.84. The number of likely N-dealkylation sites (tertiary alicyclic amines) is 1. The molecule has 24 heavy (non-hydrogen) atoms. The number of carboxylic acids is 1. The maximum Gasteiger partial charge on any atom is 0.416 e. The molecule has 0 saturated carbocycles. The van der Waals surface area contributed by atoms with E-state index in [1.54, 1.807) is 0 Å². The van der Waals surface area contributed by atoms with Crippen molar-refractivity contribution in [2.75, 3.05) is 19.6 Å². The Labute approximate surface area is 136 Å². The molecule has 1 aromatic rings. The van der Waals surface area contributed by atoms with E-state index >= 15 is 0 Å². The third-order valence-corrected chi connectivity index (χ3v) is 3.86. The van der Waals surface area contributed by atoms with Crippen molar-refractivity contribution in [2.45, 2.75) is 25.4 Å². The van der Waals surface area contributed by atoms with Gasteiger partial charge in [0.15, 0.2) is 0 Å². The molecule has 0 aromatic carbocycles. The van der Waals surface area contributed by atoms with Crippen LogP contribution < -0.4 is 5.32 Å². The highest BCUT2D eigenvalue weighted by Gasteiger charge is 2.31. The zero-order chi connectivity index (χ0) is 17.7. The number of amides is 2. The van der Waals surface area contributed by atoms with Gasteiger partial charge in [-0.15, -0.1) is 0 Å². The Kier molecular flexibility index (Phi) is 5.63. The van der Waals surface area contributed by atoms with E-state index in [0.717, 1.165) is 18.3 Å². The Morgan fingerprint density at radius 3 is 2.83 bits per heavy atom. The number of piperidine rings is 1. The first kappa shape index (κ1) is 18.0. The average molecular weight is 345 g/mol. The van der Waals surface area contributed by atoms with Crippen LogP contribution in [0.3, 0.4) is 0 Å². The highest BCUT2D eigenvalue weighted by Crippen LogP contribution is 2.29. The SMILES string of the molecule is O=C(O)C1CCCN(C(=O)NCCc2cc(C(F)(F)F)ccn2)C1. The predicted molar refractivity (Wildman–Crippen MR) is 78.3 cm³/mol. The van der Waals surface area contributed by atoms with Gasteiger partial charge in [-0.1, -0.05) is 0 Å². The number of carboxylic acid groups (broad SMARTS) is 1. The lowest BCUT2D eigenvalue weighted by Gasteiger charge is -2.30. The fourth-order valence-electron chi connectivity index (χ4n) is 2.56. The molecule has 1 saturated heterocycles. The summed E-state index contributed by atoms with van der Waals surface area (Å²) in [4.78, 5) is 28.3. The lowest BCUT2D eigenvalue weighted by molar-refractivity contribution is -0.143. The molecule has 1 aliphatic rings. The number of pyridine rings is 1. The highest BCUT2D eigenvalue weighted by molar-refractivity contribution is 5.76. The first-order valence-electron chi connectivity index (χ1n) is 7.55. The fourth-order valence-corrected chi connectivity index (χ4v) is 2.56. The van der Waals surface area contributed by atoms with Gasteiger partial charge in [0, 0.05) is 37.9 Å². The van der Waals surface area contributed by atoms with Gasteiger partial charge in [-0.2, -0.15) is 13.2 Å². The summed E-state index contributed by atoms with van der Waals surface area (Å²) in [5.41, 5.74) is -0.550. The van der Waals surface area contributed by atoms with Crippen LogP contribution in [0.25, 0.3) is 0 Å². The van der Waals surface area contributed by atoms with E-state index in [2.05, 4.69) is 10.3 Å². The molecule has 0 bridgehead atoms. The Morgan fingerprint density at radius 1 is 1.42 bits per heavy atom. The van der Waals surface area contributed by atoms with Crippen molar-refractivity contribution in [3.8, 4) is 0 Å². The van der Waals surface area contributed by atoms with Gasteiger partial charge in [0.05, 0.1) is 11.5 Å². The number of hydrogen-bond acceptors (Lipinski definition) is 3. The van der Waals surface area contributed by atoms with Crippen LogP contribution in [0, 0.1) is 5.92 Å². The van der Waals surface area contributed by atoms with Gasteiger partial charge in [0.25, 0.3) is 0 Å². The fraction of sp³-hybridized carbons (Fsp3) is 0.533. The van der Waals surface area contributed by atoms with Crippen LogP contribution in [-0.2, 0) is 17.4 Å². The molecular formula is C15H18F3N3O3. The number of urea groups is 1. The summed E-state index contributed by atoms with van der Waals surface area (Å²) in [6, 6.07) is 1.43. The van der Waals surface area contributed by atoms with Crippen LogP contribution in [0.4, 0.5) is 18.0 Å². The maximum atomic E-state index is 12.6. The number of aromatic nitrogens is 1. The van der Waals surface area contributed by atoms with E-state index in [9.17, 15) is 22.8 Å². The number of aliphatic carboxylic acids is 1. The molecule has 132 valence electrons. The number of rotatable bonds is 4. The molecule has 2 heterocycles. The van der Waals surface area contributed by atoms with Crippen molar-refractivity contribution in [3.05, 3.63) is 29.6 Å². The summed E-state index contributed by atoms with van der Waals surface area (Å²) >= 11 is 0. The van der Waals surface area contributed by atoms with Crippen molar-refractivity contribution in [2.24, 2.45) is 5.92 Å². The second-order valence-electron chi connectivity index (χ2n) is 5.64. The molecule has 1 fully saturated rings. The smallest absolute Gasteiger partial charge is 0.416 e. The Morgan fingerprint density at radius 2 is 2.17 bits per heavy atom. The minimum atomic E-state index is -4.43. The minimum absolute atomic E-state index is 0.126. The van der Waals surface area contributed by atoms with Gasteiger partial charge in [-0.3, -0.25) is 9.78 Å². The van der Waals surface area contributed by atoms with Crippen molar-refractivity contribution < 1.29 is 27.9 Å². The quantitative estimate of drug-likeness (QED) is 0.876. The Balaban J connectivity index is 1.83. The van der Waals surface area contributed by atoms with E-state index in [4.69, 9.17) is 5.11 Å². The normalized spacial score (nSPS) is 18.3. The number of nitrogens with one attached hydrogen (secondary N) is 1. The lowest BCUT2D eigenvalue weighted by Crippen LogP contribution is -2.47. The molecule has 0 spiro atoms. The zero-order valence-electron chi connectivity index (χ0n) is 12.8. The monoisotopic (exact) mass is 345 g/mol. The molecule has 2 amide bonds.